The molecule has 1 unspecified atom stereocenters. The van der Waals surface area contributed by atoms with Crippen LogP contribution in [0.2, 0.25) is 0 Å². The lowest BCUT2D eigenvalue weighted by Gasteiger charge is -2.24. The predicted molar refractivity (Wildman–Crippen MR) is 121 cm³/mol. The molecule has 1 saturated heterocycles. The van der Waals surface area contributed by atoms with Crippen LogP contribution in [-0.4, -0.2) is 35.4 Å². The average Bonchev–Trinajstić information content (AvgIpc) is 3.29. The number of aliphatic hydroxyl groups is 1. The summed E-state index contributed by atoms with van der Waals surface area (Å²) in [6.45, 7) is 0. The molecule has 1 N–H and O–H groups in total. The second-order valence-corrected chi connectivity index (χ2v) is 10.1. The van der Waals surface area contributed by atoms with Crippen LogP contribution >= 0.6 is 15.9 Å². The number of benzene rings is 1. The van der Waals surface area contributed by atoms with Crippen molar-refractivity contribution in [3.8, 4) is 0 Å². The van der Waals surface area contributed by atoms with Gasteiger partial charge in [-0.1, -0.05) is 72.3 Å². The summed E-state index contributed by atoms with van der Waals surface area (Å²) >= 11 is 3.57. The van der Waals surface area contributed by atoms with Gasteiger partial charge in [0.2, 0.25) is 0 Å². The normalized spacial score (nSPS) is 30.0. The van der Waals surface area contributed by atoms with E-state index in [1.807, 2.05) is 12.1 Å². The Hall–Kier alpha value is -1.66. The number of ether oxygens (including phenoxy) is 2. The molecule has 1 heterocycles. The number of rotatable bonds is 7. The Morgan fingerprint density at radius 3 is 2.71 bits per heavy atom. The maximum atomic E-state index is 12.6. The maximum absolute atomic E-state index is 12.6. The van der Waals surface area contributed by atoms with E-state index in [1.165, 1.54) is 32.1 Å². The molecule has 2 aliphatic carbocycles. The summed E-state index contributed by atoms with van der Waals surface area (Å²) in [7, 11) is 0. The highest BCUT2D eigenvalue weighted by Gasteiger charge is 2.51. The first-order valence-corrected chi connectivity index (χ1v) is 12.3. The van der Waals surface area contributed by atoms with Gasteiger partial charge in [0, 0.05) is 22.7 Å². The van der Waals surface area contributed by atoms with Gasteiger partial charge in [-0.3, -0.25) is 4.79 Å². The van der Waals surface area contributed by atoms with Crippen molar-refractivity contribution in [1.29, 1.82) is 0 Å². The molecule has 0 amide bonds. The molecule has 3 fully saturated rings. The Labute approximate surface area is 192 Å². The van der Waals surface area contributed by atoms with E-state index in [4.69, 9.17) is 9.47 Å². The molecule has 3 aliphatic rings. The summed E-state index contributed by atoms with van der Waals surface area (Å²) in [4.78, 5) is 24.5. The van der Waals surface area contributed by atoms with Gasteiger partial charge < -0.3 is 14.6 Å². The number of fused-ring (bicyclic) bond motifs is 1. The summed E-state index contributed by atoms with van der Waals surface area (Å²) < 4.78 is 12.0. The van der Waals surface area contributed by atoms with Gasteiger partial charge in [0.1, 0.15) is 12.2 Å². The van der Waals surface area contributed by atoms with Crippen molar-refractivity contribution in [2.75, 3.05) is 0 Å². The highest BCUT2D eigenvalue weighted by Crippen LogP contribution is 2.45. The van der Waals surface area contributed by atoms with Crippen LogP contribution in [0.1, 0.15) is 68.1 Å². The van der Waals surface area contributed by atoms with Crippen molar-refractivity contribution < 1.29 is 24.2 Å². The van der Waals surface area contributed by atoms with Gasteiger partial charge in [-0.15, -0.1) is 0 Å². The van der Waals surface area contributed by atoms with E-state index in [2.05, 4.69) is 15.9 Å². The minimum Gasteiger partial charge on any atom is -0.462 e. The monoisotopic (exact) mass is 490 g/mol. The predicted octanol–water partition coefficient (Wildman–Crippen LogP) is 5.16. The fourth-order valence-corrected chi connectivity index (χ4v) is 5.87. The Bertz CT molecular complexity index is 801. The van der Waals surface area contributed by atoms with Crippen molar-refractivity contribution in [2.45, 2.75) is 76.1 Å². The van der Waals surface area contributed by atoms with Crippen LogP contribution in [0, 0.1) is 17.8 Å². The molecule has 4 rings (SSSR count). The smallest absolute Gasteiger partial charge is 0.338 e. The van der Waals surface area contributed by atoms with E-state index in [0.717, 1.165) is 6.42 Å². The summed E-state index contributed by atoms with van der Waals surface area (Å²) in [6, 6.07) is 8.92. The quantitative estimate of drug-likeness (QED) is 0.534. The fourth-order valence-electron chi connectivity index (χ4n) is 5.34. The zero-order valence-electron chi connectivity index (χ0n) is 17.8. The number of carbonyl (C=O) groups excluding carboxylic acids is 2. The second-order valence-electron chi connectivity index (χ2n) is 9.17. The Balaban J connectivity index is 1.42. The van der Waals surface area contributed by atoms with Gasteiger partial charge in [0.15, 0.2) is 0 Å². The number of esters is 2. The van der Waals surface area contributed by atoms with Crippen LogP contribution in [0.25, 0.3) is 0 Å². The van der Waals surface area contributed by atoms with Crippen LogP contribution in [-0.2, 0) is 14.3 Å². The summed E-state index contributed by atoms with van der Waals surface area (Å²) in [5.74, 6) is -0.0542. The first-order valence-electron chi connectivity index (χ1n) is 11.5. The number of aliphatic hydroxyl groups excluding tert-OH is 1. The average molecular weight is 491 g/mol. The number of halogens is 1. The summed E-state index contributed by atoms with van der Waals surface area (Å²) in [5.41, 5.74) is 0.505. The minimum absolute atomic E-state index is 0.0285. The van der Waals surface area contributed by atoms with Gasteiger partial charge in [-0.05, 0) is 30.9 Å². The van der Waals surface area contributed by atoms with Crippen molar-refractivity contribution in [3.05, 3.63) is 46.5 Å². The Morgan fingerprint density at radius 1 is 1.23 bits per heavy atom. The zero-order valence-corrected chi connectivity index (χ0v) is 19.3. The van der Waals surface area contributed by atoms with E-state index in [1.54, 1.807) is 24.3 Å². The molecule has 6 heteroatoms. The Kier molecular flexibility index (Phi) is 7.49. The molecule has 168 valence electrons. The van der Waals surface area contributed by atoms with E-state index < -0.39 is 6.10 Å². The topological polar surface area (TPSA) is 72.8 Å². The molecule has 2 saturated carbocycles. The highest BCUT2D eigenvalue weighted by molar-refractivity contribution is 9.11. The van der Waals surface area contributed by atoms with E-state index in [-0.39, 0.29) is 36.0 Å². The molecular weight excluding hydrogens is 460 g/mol. The van der Waals surface area contributed by atoms with Crippen molar-refractivity contribution in [3.63, 3.8) is 0 Å². The third kappa shape index (κ3) is 5.58. The van der Waals surface area contributed by atoms with E-state index >= 15 is 0 Å². The fraction of sp³-hybridized carbons (Fsp3) is 0.600. The maximum Gasteiger partial charge on any atom is 0.338 e. The molecule has 5 atom stereocenters. The lowest BCUT2D eigenvalue weighted by Crippen LogP contribution is -2.25. The van der Waals surface area contributed by atoms with Crippen LogP contribution in [0.4, 0.5) is 0 Å². The first-order chi connectivity index (χ1) is 15.0. The molecule has 1 aliphatic heterocycles. The molecule has 0 bridgehead atoms. The van der Waals surface area contributed by atoms with Crippen molar-refractivity contribution >= 4 is 27.9 Å². The second kappa shape index (κ2) is 10.3. The molecule has 0 radical (unpaired) electrons. The number of hydrogen-bond acceptors (Lipinski definition) is 5. The molecule has 31 heavy (non-hydrogen) atoms. The Morgan fingerprint density at radius 2 is 1.97 bits per heavy atom. The van der Waals surface area contributed by atoms with Crippen molar-refractivity contribution in [2.24, 2.45) is 17.8 Å². The van der Waals surface area contributed by atoms with E-state index in [0.29, 0.717) is 35.2 Å². The molecule has 0 spiro atoms. The minimum atomic E-state index is -0.579. The van der Waals surface area contributed by atoms with Gasteiger partial charge in [0.05, 0.1) is 18.1 Å². The number of carbonyl (C=O) groups is 2. The third-order valence-electron chi connectivity index (χ3n) is 7.06. The van der Waals surface area contributed by atoms with Crippen molar-refractivity contribution in [1.82, 2.24) is 0 Å². The van der Waals surface area contributed by atoms with Crippen LogP contribution < -0.4 is 0 Å². The number of hydrogen-bond donors (Lipinski definition) is 1. The van der Waals surface area contributed by atoms with E-state index in [9.17, 15) is 14.7 Å². The largest absolute Gasteiger partial charge is 0.462 e. The summed E-state index contributed by atoms with van der Waals surface area (Å²) in [6.07, 6.45) is 9.77. The lowest BCUT2D eigenvalue weighted by molar-refractivity contribution is -0.141. The van der Waals surface area contributed by atoms with Gasteiger partial charge in [0.25, 0.3) is 0 Å². The first kappa shape index (κ1) is 22.5. The summed E-state index contributed by atoms with van der Waals surface area (Å²) in [5, 5.41) is 10.7. The van der Waals surface area contributed by atoms with Gasteiger partial charge >= 0.3 is 11.9 Å². The van der Waals surface area contributed by atoms with Gasteiger partial charge in [-0.25, -0.2) is 4.79 Å². The standard InChI is InChI=1S/C25H31BrO5/c26-20(21(27)12-11-16-7-3-1-4-8-16)13-18-19-14-24(28)30-22(19)15-23(18)31-25(29)17-9-5-2-6-10-17/h2,5-6,9-10,13,16,18-19,21-23,27H,1,3-4,7-8,11-12,14-15H2/b20-13-/t18-,19-,21?,22+,23-/m1/s1. The zero-order chi connectivity index (χ0) is 21.8. The molecular formula is C25H31BrO5. The molecule has 0 aromatic heterocycles. The molecule has 5 nitrogen and oxygen atoms in total. The lowest BCUT2D eigenvalue weighted by atomic mass is 9.85. The van der Waals surface area contributed by atoms with Crippen LogP contribution in [0.15, 0.2) is 40.9 Å². The molecule has 1 aromatic rings. The van der Waals surface area contributed by atoms with Crippen LogP contribution in [0.3, 0.4) is 0 Å². The van der Waals surface area contributed by atoms with Crippen LogP contribution in [0.5, 0.6) is 0 Å². The molecule has 1 aromatic carbocycles. The van der Waals surface area contributed by atoms with Gasteiger partial charge in [-0.2, -0.15) is 0 Å². The highest BCUT2D eigenvalue weighted by atomic mass is 79.9. The SMILES string of the molecule is O=C1C[C@@H]2[C@@H](/C=C(\Br)C(O)CCC3CCCCC3)[C@H](OC(=O)c3ccccc3)C[C@@H]2O1. The third-order valence-corrected chi connectivity index (χ3v) is 7.85.